The summed E-state index contributed by atoms with van der Waals surface area (Å²) in [6, 6.07) is 7.75. The molecule has 0 aliphatic heterocycles. The van der Waals surface area contributed by atoms with Gasteiger partial charge in [0.2, 0.25) is 5.91 Å². The highest BCUT2D eigenvalue weighted by Gasteiger charge is 2.08. The first-order valence-corrected chi connectivity index (χ1v) is 7.11. The van der Waals surface area contributed by atoms with E-state index in [1.165, 1.54) is 16.7 Å². The number of carbonyl (C=O) groups is 1. The molecular weight excluding hydrogens is 367 g/mol. The third-order valence-electron chi connectivity index (χ3n) is 2.47. The van der Waals surface area contributed by atoms with Gasteiger partial charge in [0.05, 0.1) is 10.7 Å². The van der Waals surface area contributed by atoms with Gasteiger partial charge in [-0.15, -0.1) is 0 Å². The number of benzene rings is 1. The van der Waals surface area contributed by atoms with E-state index in [1.54, 1.807) is 24.4 Å². The molecule has 4 nitrogen and oxygen atoms in total. The average Bonchev–Trinajstić information content (AvgIpc) is 2.37. The lowest BCUT2D eigenvalue weighted by atomic mass is 10.3. The summed E-state index contributed by atoms with van der Waals surface area (Å²) >= 11 is 15.0. The molecule has 0 radical (unpaired) electrons. The van der Waals surface area contributed by atoms with E-state index in [0.29, 0.717) is 15.7 Å². The maximum absolute atomic E-state index is 11.9. The predicted molar refractivity (Wildman–Crippen MR) is 83.5 cm³/mol. The molecule has 0 fully saturated rings. The van der Waals surface area contributed by atoms with Crippen LogP contribution in [-0.2, 0) is 11.3 Å². The first kappa shape index (κ1) is 15.1. The highest BCUT2D eigenvalue weighted by molar-refractivity contribution is 9.10. The minimum absolute atomic E-state index is 0.1000. The minimum atomic E-state index is -0.352. The number of pyridine rings is 1. The third-order valence-corrected chi connectivity index (χ3v) is 3.48. The predicted octanol–water partition coefficient (Wildman–Crippen LogP) is 3.56. The molecule has 0 bridgehead atoms. The van der Waals surface area contributed by atoms with Crippen molar-refractivity contribution in [3.05, 3.63) is 61.4 Å². The van der Waals surface area contributed by atoms with E-state index >= 15 is 0 Å². The summed E-state index contributed by atoms with van der Waals surface area (Å²) in [5.41, 5.74) is 0.190. The van der Waals surface area contributed by atoms with Gasteiger partial charge in [-0.1, -0.05) is 23.2 Å². The molecule has 0 spiro atoms. The average molecular weight is 376 g/mol. The Hall–Kier alpha value is -1.30. The number of hydrogen-bond acceptors (Lipinski definition) is 2. The smallest absolute Gasteiger partial charge is 0.251 e. The number of halogens is 3. The van der Waals surface area contributed by atoms with Crippen molar-refractivity contribution in [2.75, 3.05) is 5.32 Å². The van der Waals surface area contributed by atoms with Crippen LogP contribution in [0, 0.1) is 0 Å². The van der Waals surface area contributed by atoms with Gasteiger partial charge in [0, 0.05) is 21.8 Å². The summed E-state index contributed by atoms with van der Waals surface area (Å²) in [5.74, 6) is -0.352. The van der Waals surface area contributed by atoms with Crippen molar-refractivity contribution >= 4 is 50.7 Å². The van der Waals surface area contributed by atoms with Crippen LogP contribution in [-0.4, -0.2) is 10.5 Å². The van der Waals surface area contributed by atoms with Gasteiger partial charge in [-0.05, 0) is 40.2 Å². The lowest BCUT2D eigenvalue weighted by molar-refractivity contribution is -0.116. The number of nitrogens with zero attached hydrogens (tertiary/aromatic N) is 1. The Bertz CT molecular complexity index is 716. The van der Waals surface area contributed by atoms with Gasteiger partial charge in [-0.25, -0.2) is 0 Å². The first-order chi connectivity index (χ1) is 9.45. The van der Waals surface area contributed by atoms with E-state index in [2.05, 4.69) is 21.2 Å². The Morgan fingerprint density at radius 1 is 1.25 bits per heavy atom. The van der Waals surface area contributed by atoms with Crippen molar-refractivity contribution in [2.24, 2.45) is 0 Å². The van der Waals surface area contributed by atoms with Crippen LogP contribution in [0.4, 0.5) is 5.69 Å². The summed E-state index contributed by atoms with van der Waals surface area (Å²) in [6.07, 6.45) is 1.55. The second kappa shape index (κ2) is 6.43. The van der Waals surface area contributed by atoms with Crippen LogP contribution in [0.3, 0.4) is 0 Å². The maximum Gasteiger partial charge on any atom is 0.251 e. The SMILES string of the molecule is O=C(Cn1cc(Br)ccc1=O)Nc1ccc(Cl)cc1Cl. The summed E-state index contributed by atoms with van der Waals surface area (Å²) in [4.78, 5) is 23.5. The summed E-state index contributed by atoms with van der Waals surface area (Å²) in [6.45, 7) is -0.1000. The lowest BCUT2D eigenvalue weighted by Crippen LogP contribution is -2.26. The van der Waals surface area contributed by atoms with Crippen molar-refractivity contribution in [1.29, 1.82) is 0 Å². The quantitative estimate of drug-likeness (QED) is 0.891. The molecule has 20 heavy (non-hydrogen) atoms. The van der Waals surface area contributed by atoms with E-state index in [-0.39, 0.29) is 18.0 Å². The molecule has 104 valence electrons. The summed E-state index contributed by atoms with van der Waals surface area (Å²) < 4.78 is 2.01. The van der Waals surface area contributed by atoms with Crippen LogP contribution < -0.4 is 10.9 Å². The van der Waals surface area contributed by atoms with E-state index < -0.39 is 0 Å². The van der Waals surface area contributed by atoms with Gasteiger partial charge in [0.1, 0.15) is 6.54 Å². The minimum Gasteiger partial charge on any atom is -0.323 e. The molecule has 0 unspecified atom stereocenters. The zero-order valence-electron chi connectivity index (χ0n) is 10.1. The Morgan fingerprint density at radius 2 is 2.00 bits per heavy atom. The molecule has 1 aromatic carbocycles. The van der Waals surface area contributed by atoms with Crippen molar-refractivity contribution < 1.29 is 4.79 Å². The largest absolute Gasteiger partial charge is 0.323 e. The molecule has 1 aromatic heterocycles. The number of hydrogen-bond donors (Lipinski definition) is 1. The normalized spacial score (nSPS) is 10.3. The van der Waals surface area contributed by atoms with Gasteiger partial charge in [0.15, 0.2) is 0 Å². The zero-order valence-corrected chi connectivity index (χ0v) is 13.2. The standard InChI is InChI=1S/C13H9BrCl2N2O2/c14-8-1-4-13(20)18(6-8)7-12(19)17-11-3-2-9(15)5-10(11)16/h1-6H,7H2,(H,17,19). The van der Waals surface area contributed by atoms with Gasteiger partial charge >= 0.3 is 0 Å². The highest BCUT2D eigenvalue weighted by atomic mass is 79.9. The number of amides is 1. The fourth-order valence-electron chi connectivity index (χ4n) is 1.56. The number of carbonyl (C=O) groups excluding carboxylic acids is 1. The van der Waals surface area contributed by atoms with Crippen LogP contribution in [0.2, 0.25) is 10.0 Å². The number of aromatic nitrogens is 1. The number of anilines is 1. The van der Waals surface area contributed by atoms with Crippen LogP contribution in [0.25, 0.3) is 0 Å². The molecule has 1 heterocycles. The molecule has 0 aliphatic rings. The van der Waals surface area contributed by atoms with Crippen molar-refractivity contribution in [1.82, 2.24) is 4.57 Å². The molecule has 2 rings (SSSR count). The second-order valence-electron chi connectivity index (χ2n) is 3.99. The molecule has 0 atom stereocenters. The molecule has 1 N–H and O–H groups in total. The van der Waals surface area contributed by atoms with Gasteiger partial charge in [-0.3, -0.25) is 9.59 Å². The molecule has 7 heteroatoms. The highest BCUT2D eigenvalue weighted by Crippen LogP contribution is 2.25. The molecular formula is C13H9BrCl2N2O2. The van der Waals surface area contributed by atoms with Crippen molar-refractivity contribution in [2.45, 2.75) is 6.54 Å². The molecule has 0 saturated carbocycles. The third kappa shape index (κ3) is 3.85. The molecule has 1 amide bonds. The fraction of sp³-hybridized carbons (Fsp3) is 0.0769. The van der Waals surface area contributed by atoms with Gasteiger partial charge in [0.25, 0.3) is 5.56 Å². The van der Waals surface area contributed by atoms with Crippen molar-refractivity contribution in [3.63, 3.8) is 0 Å². The summed E-state index contributed by atoms with van der Waals surface area (Å²) in [5, 5.41) is 3.45. The fourth-order valence-corrected chi connectivity index (χ4v) is 2.40. The van der Waals surface area contributed by atoms with Crippen LogP contribution >= 0.6 is 39.1 Å². The molecule has 0 saturated heterocycles. The Labute approximate surface area is 133 Å². The lowest BCUT2D eigenvalue weighted by Gasteiger charge is -2.09. The van der Waals surface area contributed by atoms with Gasteiger partial charge in [-0.2, -0.15) is 0 Å². The van der Waals surface area contributed by atoms with Gasteiger partial charge < -0.3 is 9.88 Å². The van der Waals surface area contributed by atoms with E-state index in [0.717, 1.165) is 4.47 Å². The number of rotatable bonds is 3. The van der Waals surface area contributed by atoms with E-state index in [9.17, 15) is 9.59 Å². The van der Waals surface area contributed by atoms with E-state index in [4.69, 9.17) is 23.2 Å². The topological polar surface area (TPSA) is 51.1 Å². The summed E-state index contributed by atoms with van der Waals surface area (Å²) in [7, 11) is 0. The second-order valence-corrected chi connectivity index (χ2v) is 5.75. The van der Waals surface area contributed by atoms with Crippen LogP contribution in [0.1, 0.15) is 0 Å². The monoisotopic (exact) mass is 374 g/mol. The Kier molecular flexibility index (Phi) is 4.86. The molecule has 2 aromatic rings. The van der Waals surface area contributed by atoms with Crippen LogP contribution in [0.5, 0.6) is 0 Å². The Balaban J connectivity index is 2.13. The van der Waals surface area contributed by atoms with Crippen LogP contribution in [0.15, 0.2) is 45.8 Å². The van der Waals surface area contributed by atoms with E-state index in [1.807, 2.05) is 0 Å². The Morgan fingerprint density at radius 3 is 2.70 bits per heavy atom. The number of nitrogens with one attached hydrogen (secondary N) is 1. The first-order valence-electron chi connectivity index (χ1n) is 5.56. The van der Waals surface area contributed by atoms with Crippen molar-refractivity contribution in [3.8, 4) is 0 Å². The molecule has 0 aliphatic carbocycles. The zero-order chi connectivity index (χ0) is 14.7. The maximum atomic E-state index is 11.9.